The van der Waals surface area contributed by atoms with E-state index in [1.54, 1.807) is 48.7 Å². The molecule has 2 heterocycles. The zero-order valence-electron chi connectivity index (χ0n) is 13.9. The van der Waals surface area contributed by atoms with Crippen LogP contribution in [0, 0.1) is 13.8 Å². The summed E-state index contributed by atoms with van der Waals surface area (Å²) < 4.78 is 10.8. The molecule has 1 amide bonds. The highest BCUT2D eigenvalue weighted by Gasteiger charge is 2.04. The molecule has 0 aliphatic rings. The van der Waals surface area contributed by atoms with E-state index in [0.717, 1.165) is 11.4 Å². The second-order valence-electron chi connectivity index (χ2n) is 5.40. The van der Waals surface area contributed by atoms with E-state index in [9.17, 15) is 4.79 Å². The first kappa shape index (κ1) is 16.4. The average Bonchev–Trinajstić information content (AvgIpc) is 3.07. The smallest absolute Gasteiger partial charge is 0.322 e. The van der Waals surface area contributed by atoms with Crippen molar-refractivity contribution < 1.29 is 13.9 Å². The van der Waals surface area contributed by atoms with Crippen LogP contribution in [0.2, 0.25) is 0 Å². The van der Waals surface area contributed by atoms with Crippen LogP contribution in [0.3, 0.4) is 0 Å². The summed E-state index contributed by atoms with van der Waals surface area (Å²) >= 11 is 0. The zero-order chi connectivity index (χ0) is 17.6. The fraction of sp³-hybridized carbons (Fsp3) is 0.105. The highest BCUT2D eigenvalue weighted by atomic mass is 16.5. The number of aromatic nitrogens is 2. The second kappa shape index (κ2) is 7.44. The highest BCUT2D eigenvalue weighted by molar-refractivity contribution is 6.01. The van der Waals surface area contributed by atoms with Crippen molar-refractivity contribution in [1.29, 1.82) is 0 Å². The number of ether oxygens (including phenoxy) is 1. The van der Waals surface area contributed by atoms with Gasteiger partial charge in [-0.05, 0) is 62.4 Å². The van der Waals surface area contributed by atoms with Crippen molar-refractivity contribution in [2.45, 2.75) is 13.8 Å². The lowest BCUT2D eigenvalue weighted by atomic mass is 10.3. The molecule has 1 N–H and O–H groups in total. The van der Waals surface area contributed by atoms with E-state index < -0.39 is 0 Å². The molecule has 6 nitrogen and oxygen atoms in total. The summed E-state index contributed by atoms with van der Waals surface area (Å²) in [6, 6.07) is 12.7. The molecular formula is C19H17N3O3. The van der Waals surface area contributed by atoms with Crippen molar-refractivity contribution in [2.75, 3.05) is 5.32 Å². The number of hydrogen-bond acceptors (Lipinski definition) is 5. The summed E-state index contributed by atoms with van der Waals surface area (Å²) in [5.74, 6) is 0.962. The van der Waals surface area contributed by atoms with Crippen molar-refractivity contribution in [3.63, 3.8) is 0 Å². The van der Waals surface area contributed by atoms with Gasteiger partial charge in [0.2, 0.25) is 5.91 Å². The van der Waals surface area contributed by atoms with Gasteiger partial charge >= 0.3 is 6.01 Å². The number of aryl methyl sites for hydroxylation is 2. The third-order valence-corrected chi connectivity index (χ3v) is 3.23. The minimum atomic E-state index is -0.247. The number of benzene rings is 1. The minimum absolute atomic E-state index is 0.247. The van der Waals surface area contributed by atoms with Gasteiger partial charge in [-0.15, -0.1) is 0 Å². The van der Waals surface area contributed by atoms with Gasteiger partial charge < -0.3 is 14.5 Å². The lowest BCUT2D eigenvalue weighted by Crippen LogP contribution is -2.07. The van der Waals surface area contributed by atoms with Gasteiger partial charge in [0.05, 0.1) is 6.26 Å². The van der Waals surface area contributed by atoms with Crippen LogP contribution in [0.4, 0.5) is 5.69 Å². The Morgan fingerprint density at radius 1 is 1.12 bits per heavy atom. The third-order valence-electron chi connectivity index (χ3n) is 3.23. The number of amides is 1. The maximum absolute atomic E-state index is 11.9. The molecule has 0 aliphatic heterocycles. The maximum Gasteiger partial charge on any atom is 0.322 e. The van der Waals surface area contributed by atoms with Crippen molar-refractivity contribution in [3.05, 3.63) is 72.0 Å². The number of hydrogen-bond donors (Lipinski definition) is 1. The first-order valence-corrected chi connectivity index (χ1v) is 7.71. The molecule has 0 saturated carbocycles. The Morgan fingerprint density at radius 3 is 2.48 bits per heavy atom. The molecule has 126 valence electrons. The Morgan fingerprint density at radius 2 is 1.84 bits per heavy atom. The Balaban J connectivity index is 1.61. The molecule has 2 aromatic heterocycles. The molecule has 1 aromatic carbocycles. The minimum Gasteiger partial charge on any atom is -0.465 e. The van der Waals surface area contributed by atoms with Crippen molar-refractivity contribution in [1.82, 2.24) is 9.97 Å². The number of nitrogens with one attached hydrogen (secondary N) is 1. The van der Waals surface area contributed by atoms with Crippen LogP contribution >= 0.6 is 0 Å². The number of rotatable bonds is 5. The van der Waals surface area contributed by atoms with Gasteiger partial charge in [-0.2, -0.15) is 0 Å². The molecule has 0 radical (unpaired) electrons. The van der Waals surface area contributed by atoms with E-state index in [-0.39, 0.29) is 5.91 Å². The molecule has 0 unspecified atom stereocenters. The summed E-state index contributed by atoms with van der Waals surface area (Å²) in [4.78, 5) is 20.3. The Bertz CT molecular complexity index is 865. The first-order valence-electron chi connectivity index (χ1n) is 7.71. The predicted octanol–water partition coefficient (Wildman–Crippen LogP) is 4.13. The van der Waals surface area contributed by atoms with Crippen molar-refractivity contribution >= 4 is 17.7 Å². The lowest BCUT2D eigenvalue weighted by Gasteiger charge is -2.07. The lowest BCUT2D eigenvalue weighted by molar-refractivity contribution is -0.111. The van der Waals surface area contributed by atoms with Gasteiger partial charge in [-0.1, -0.05) is 0 Å². The van der Waals surface area contributed by atoms with E-state index in [4.69, 9.17) is 9.15 Å². The summed E-state index contributed by atoms with van der Waals surface area (Å²) in [5.41, 5.74) is 2.34. The molecule has 3 aromatic rings. The van der Waals surface area contributed by atoms with Gasteiger partial charge in [0.25, 0.3) is 0 Å². The highest BCUT2D eigenvalue weighted by Crippen LogP contribution is 2.21. The number of furan rings is 1. The summed E-state index contributed by atoms with van der Waals surface area (Å²) in [5, 5.41) is 2.76. The van der Waals surface area contributed by atoms with Crippen LogP contribution in [0.5, 0.6) is 11.8 Å². The molecule has 0 bridgehead atoms. The number of carbonyl (C=O) groups is 1. The molecule has 0 spiro atoms. The molecular weight excluding hydrogens is 318 g/mol. The van der Waals surface area contributed by atoms with E-state index >= 15 is 0 Å². The van der Waals surface area contributed by atoms with E-state index in [1.807, 2.05) is 19.9 Å². The van der Waals surface area contributed by atoms with Crippen LogP contribution in [0.25, 0.3) is 6.08 Å². The van der Waals surface area contributed by atoms with Gasteiger partial charge in [0.15, 0.2) is 0 Å². The fourth-order valence-corrected chi connectivity index (χ4v) is 2.18. The normalized spacial score (nSPS) is 10.8. The van der Waals surface area contributed by atoms with E-state index in [1.165, 1.54) is 6.08 Å². The van der Waals surface area contributed by atoms with Crippen LogP contribution in [0.1, 0.15) is 17.1 Å². The SMILES string of the molecule is Cc1cc(C)nc(Oc2ccc(NC(=O)/C=C/c3ccco3)cc2)n1. The predicted molar refractivity (Wildman–Crippen MR) is 94.4 cm³/mol. The molecule has 6 heteroatoms. The molecule has 0 saturated heterocycles. The first-order chi connectivity index (χ1) is 12.1. The Kier molecular flexibility index (Phi) is 4.89. The van der Waals surface area contributed by atoms with Crippen LogP contribution in [0.15, 0.2) is 59.2 Å². The van der Waals surface area contributed by atoms with Crippen LogP contribution in [-0.2, 0) is 4.79 Å². The second-order valence-corrected chi connectivity index (χ2v) is 5.40. The number of nitrogens with zero attached hydrogens (tertiary/aromatic N) is 2. The third kappa shape index (κ3) is 4.78. The van der Waals surface area contributed by atoms with Gasteiger partial charge in [-0.25, -0.2) is 9.97 Å². The molecule has 0 aliphatic carbocycles. The number of anilines is 1. The molecule has 0 fully saturated rings. The van der Waals surface area contributed by atoms with Gasteiger partial charge in [0.1, 0.15) is 11.5 Å². The zero-order valence-corrected chi connectivity index (χ0v) is 13.9. The average molecular weight is 335 g/mol. The van der Waals surface area contributed by atoms with E-state index in [2.05, 4.69) is 15.3 Å². The number of carbonyl (C=O) groups excluding carboxylic acids is 1. The maximum atomic E-state index is 11.9. The largest absolute Gasteiger partial charge is 0.465 e. The van der Waals surface area contributed by atoms with Crippen molar-refractivity contribution in [3.8, 4) is 11.8 Å². The van der Waals surface area contributed by atoms with Crippen molar-refractivity contribution in [2.24, 2.45) is 0 Å². The summed E-state index contributed by atoms with van der Waals surface area (Å²) in [7, 11) is 0. The topological polar surface area (TPSA) is 77.2 Å². The molecule has 3 rings (SSSR count). The quantitative estimate of drug-likeness (QED) is 0.709. The Hall–Kier alpha value is -3.41. The fourth-order valence-electron chi connectivity index (χ4n) is 2.18. The van der Waals surface area contributed by atoms with Crippen LogP contribution in [-0.4, -0.2) is 15.9 Å². The molecule has 0 atom stereocenters. The summed E-state index contributed by atoms with van der Waals surface area (Å²) in [6.45, 7) is 3.77. The van der Waals surface area contributed by atoms with Gasteiger partial charge in [-0.3, -0.25) is 4.79 Å². The van der Waals surface area contributed by atoms with Gasteiger partial charge in [0, 0.05) is 23.2 Å². The standard InChI is InChI=1S/C19H17N3O3/c1-13-12-14(2)21-19(20-13)25-17-7-5-15(6-8-17)22-18(23)10-9-16-4-3-11-24-16/h3-12H,1-2H3,(H,22,23)/b10-9+. The van der Waals surface area contributed by atoms with E-state index in [0.29, 0.717) is 23.2 Å². The monoisotopic (exact) mass is 335 g/mol. The summed E-state index contributed by atoms with van der Waals surface area (Å²) in [6.07, 6.45) is 4.56. The molecule has 25 heavy (non-hydrogen) atoms. The van der Waals surface area contributed by atoms with Crippen LogP contribution < -0.4 is 10.1 Å². The Labute approximate surface area is 145 Å².